The minimum Gasteiger partial charge on any atom is -0.481 e. The number of amides is 3. The monoisotopic (exact) mass is 484 g/mol. The Morgan fingerprint density at radius 3 is 2.09 bits per heavy atom. The van der Waals surface area contributed by atoms with Crippen LogP contribution in [0.25, 0.3) is 0 Å². The van der Waals surface area contributed by atoms with Crippen LogP contribution in [0.15, 0.2) is 12.5 Å². The summed E-state index contributed by atoms with van der Waals surface area (Å²) in [6.45, 7) is 4.71. The number of nitrogens with two attached hydrogens (primary N) is 1. The van der Waals surface area contributed by atoms with Gasteiger partial charge in [0.15, 0.2) is 6.04 Å². The number of carboxylic acid groups (broad SMARTS) is 2. The normalized spacial score (nSPS) is 16.3. The molecule has 0 saturated carbocycles. The second-order valence-corrected chi connectivity index (χ2v) is 7.98. The number of aromatic nitrogens is 2. The Morgan fingerprint density at radius 2 is 1.62 bits per heavy atom. The molecule has 0 aliphatic carbocycles. The number of carbonyl (C=O) groups is 5. The van der Waals surface area contributed by atoms with Crippen LogP contribution < -0.4 is 21.7 Å². The highest BCUT2D eigenvalue weighted by molar-refractivity contribution is 5.95. The highest BCUT2D eigenvalue weighted by Gasteiger charge is 2.33. The van der Waals surface area contributed by atoms with Crippen molar-refractivity contribution in [2.45, 2.75) is 70.3 Å². The van der Waals surface area contributed by atoms with E-state index in [2.05, 4.69) is 25.9 Å². The van der Waals surface area contributed by atoms with Crippen molar-refractivity contribution in [2.24, 2.45) is 11.7 Å². The first-order chi connectivity index (χ1) is 15.9. The summed E-state index contributed by atoms with van der Waals surface area (Å²) in [5, 5.41) is 34.8. The maximum absolute atomic E-state index is 12.9. The van der Waals surface area contributed by atoms with Crippen LogP contribution in [0.4, 0.5) is 0 Å². The fourth-order valence-corrected chi connectivity index (χ4v) is 2.90. The first-order valence-electron chi connectivity index (χ1n) is 10.6. The van der Waals surface area contributed by atoms with Crippen LogP contribution in [0.5, 0.6) is 0 Å². The first-order valence-corrected chi connectivity index (χ1v) is 10.6. The molecule has 14 nitrogen and oxygen atoms in total. The van der Waals surface area contributed by atoms with E-state index in [1.807, 2.05) is 6.92 Å². The van der Waals surface area contributed by atoms with Gasteiger partial charge in [-0.3, -0.25) is 19.2 Å². The molecule has 1 aromatic heterocycles. The van der Waals surface area contributed by atoms with Crippen LogP contribution >= 0.6 is 0 Å². The number of H-pyrrole nitrogens is 1. The van der Waals surface area contributed by atoms with Gasteiger partial charge in [-0.25, -0.2) is 9.78 Å². The number of imidazole rings is 1. The summed E-state index contributed by atoms with van der Waals surface area (Å²) in [5.74, 6) is -5.79. The molecule has 9 N–H and O–H groups in total. The number of aliphatic hydroxyl groups excluding tert-OH is 1. The Labute approximate surface area is 195 Å². The Balaban J connectivity index is 3.09. The van der Waals surface area contributed by atoms with Gasteiger partial charge in [0.05, 0.1) is 24.9 Å². The van der Waals surface area contributed by atoms with Gasteiger partial charge >= 0.3 is 11.9 Å². The zero-order chi connectivity index (χ0) is 26.0. The van der Waals surface area contributed by atoms with E-state index in [4.69, 9.17) is 5.73 Å². The molecule has 0 aromatic carbocycles. The summed E-state index contributed by atoms with van der Waals surface area (Å²) in [5.41, 5.74) is 6.26. The Morgan fingerprint density at radius 1 is 1.03 bits per heavy atom. The lowest BCUT2D eigenvalue weighted by Crippen LogP contribution is -2.59. The molecule has 1 heterocycles. The number of nitrogens with zero attached hydrogens (tertiary/aromatic N) is 1. The molecule has 1 rings (SSSR count). The molecule has 34 heavy (non-hydrogen) atoms. The second-order valence-electron chi connectivity index (χ2n) is 7.98. The maximum atomic E-state index is 12.9. The summed E-state index contributed by atoms with van der Waals surface area (Å²) in [7, 11) is 0. The van der Waals surface area contributed by atoms with E-state index in [9.17, 15) is 39.3 Å². The van der Waals surface area contributed by atoms with Crippen LogP contribution in [0.3, 0.4) is 0 Å². The molecule has 6 atom stereocenters. The summed E-state index contributed by atoms with van der Waals surface area (Å²) in [4.78, 5) is 67.2. The van der Waals surface area contributed by atoms with Gasteiger partial charge in [0.1, 0.15) is 12.1 Å². The molecule has 190 valence electrons. The number of aliphatic carboxylic acids is 2. The van der Waals surface area contributed by atoms with Crippen molar-refractivity contribution in [3.63, 3.8) is 0 Å². The molecule has 3 amide bonds. The van der Waals surface area contributed by atoms with Gasteiger partial charge in [0, 0.05) is 18.3 Å². The molecule has 1 aromatic rings. The number of hydrogen-bond acceptors (Lipinski definition) is 8. The lowest BCUT2D eigenvalue weighted by atomic mass is 9.99. The molecule has 14 heteroatoms. The molecule has 0 bridgehead atoms. The smallest absolute Gasteiger partial charge is 0.328 e. The summed E-state index contributed by atoms with van der Waals surface area (Å²) >= 11 is 0. The van der Waals surface area contributed by atoms with E-state index in [1.54, 1.807) is 6.92 Å². The van der Waals surface area contributed by atoms with E-state index < -0.39 is 66.4 Å². The molecular formula is C20H32N6O8. The standard InChI is InChI=1S/C20H32N6O8/c1-4-9(2)15(21)19(32)25-13(6-14(28)29)17(30)24-12(5-11-7-22-8-23-11)18(31)26-16(10(3)27)20(33)34/h7-10,12-13,15-16,27H,4-6,21H2,1-3H3,(H,22,23)(H,24,30)(H,25,32)(H,26,31)(H,28,29)(H,33,34). The lowest BCUT2D eigenvalue weighted by molar-refractivity contribution is -0.145. The zero-order valence-electron chi connectivity index (χ0n) is 19.1. The fraction of sp³-hybridized carbons (Fsp3) is 0.600. The zero-order valence-corrected chi connectivity index (χ0v) is 19.1. The van der Waals surface area contributed by atoms with Gasteiger partial charge in [0.2, 0.25) is 17.7 Å². The fourth-order valence-electron chi connectivity index (χ4n) is 2.90. The van der Waals surface area contributed by atoms with Crippen LogP contribution in [0.1, 0.15) is 39.3 Å². The largest absolute Gasteiger partial charge is 0.481 e. The number of rotatable bonds is 14. The van der Waals surface area contributed by atoms with Gasteiger partial charge < -0.3 is 42.0 Å². The number of hydrogen-bond donors (Lipinski definition) is 8. The van der Waals surface area contributed by atoms with Crippen LogP contribution in [-0.2, 0) is 30.4 Å². The van der Waals surface area contributed by atoms with Gasteiger partial charge in [-0.05, 0) is 12.8 Å². The predicted octanol–water partition coefficient (Wildman–Crippen LogP) is -2.28. The molecule has 0 saturated heterocycles. The van der Waals surface area contributed by atoms with Gasteiger partial charge in [0.25, 0.3) is 0 Å². The van der Waals surface area contributed by atoms with E-state index in [0.717, 1.165) is 0 Å². The van der Waals surface area contributed by atoms with E-state index in [1.165, 1.54) is 19.4 Å². The van der Waals surface area contributed by atoms with Gasteiger partial charge in [-0.2, -0.15) is 0 Å². The minimum atomic E-state index is -1.66. The summed E-state index contributed by atoms with van der Waals surface area (Å²) < 4.78 is 0. The van der Waals surface area contributed by atoms with Crippen molar-refractivity contribution in [3.05, 3.63) is 18.2 Å². The second kappa shape index (κ2) is 13.3. The van der Waals surface area contributed by atoms with Crippen molar-refractivity contribution in [1.29, 1.82) is 0 Å². The molecule has 6 unspecified atom stereocenters. The number of carboxylic acids is 2. The summed E-state index contributed by atoms with van der Waals surface area (Å²) in [6.07, 6.45) is 0.887. The van der Waals surface area contributed by atoms with E-state index in [0.29, 0.717) is 12.1 Å². The Bertz CT molecular complexity index is 859. The van der Waals surface area contributed by atoms with E-state index in [-0.39, 0.29) is 12.3 Å². The van der Waals surface area contributed by atoms with Crippen molar-refractivity contribution >= 4 is 29.7 Å². The third-order valence-corrected chi connectivity index (χ3v) is 5.23. The molecule has 0 spiro atoms. The minimum absolute atomic E-state index is 0.163. The topological polar surface area (TPSA) is 237 Å². The SMILES string of the molecule is CCC(C)C(N)C(=O)NC(CC(=O)O)C(=O)NC(Cc1cnc[nH]1)C(=O)NC(C(=O)O)C(C)O. The molecule has 0 aliphatic heterocycles. The van der Waals surface area contributed by atoms with Crippen molar-refractivity contribution in [1.82, 2.24) is 25.9 Å². The number of aliphatic hydroxyl groups is 1. The van der Waals surface area contributed by atoms with Crippen LogP contribution in [0.2, 0.25) is 0 Å². The van der Waals surface area contributed by atoms with Crippen molar-refractivity contribution in [3.8, 4) is 0 Å². The van der Waals surface area contributed by atoms with Gasteiger partial charge in [-0.15, -0.1) is 0 Å². The predicted molar refractivity (Wildman–Crippen MR) is 117 cm³/mol. The first kappa shape index (κ1) is 28.5. The quantitative estimate of drug-likeness (QED) is 0.141. The third-order valence-electron chi connectivity index (χ3n) is 5.23. The Hall–Kier alpha value is -3.52. The molecular weight excluding hydrogens is 452 g/mol. The van der Waals surface area contributed by atoms with Gasteiger partial charge in [-0.1, -0.05) is 20.3 Å². The summed E-state index contributed by atoms with van der Waals surface area (Å²) in [6, 6.07) is -5.58. The maximum Gasteiger partial charge on any atom is 0.328 e. The average molecular weight is 485 g/mol. The number of carbonyl (C=O) groups excluding carboxylic acids is 3. The van der Waals surface area contributed by atoms with Crippen LogP contribution in [-0.4, -0.2) is 85.2 Å². The molecule has 0 radical (unpaired) electrons. The Kier molecular flexibility index (Phi) is 11.1. The lowest BCUT2D eigenvalue weighted by Gasteiger charge is -2.25. The average Bonchev–Trinajstić information content (AvgIpc) is 3.27. The number of aromatic amines is 1. The van der Waals surface area contributed by atoms with Crippen LogP contribution in [0, 0.1) is 5.92 Å². The molecule has 0 fully saturated rings. The highest BCUT2D eigenvalue weighted by atomic mass is 16.4. The number of nitrogens with one attached hydrogen (secondary N) is 4. The van der Waals surface area contributed by atoms with E-state index >= 15 is 0 Å². The molecule has 0 aliphatic rings. The third kappa shape index (κ3) is 8.78. The highest BCUT2D eigenvalue weighted by Crippen LogP contribution is 2.07. The van der Waals surface area contributed by atoms with Crippen molar-refractivity contribution < 1.29 is 39.3 Å². The van der Waals surface area contributed by atoms with Crippen molar-refractivity contribution in [2.75, 3.05) is 0 Å².